The maximum atomic E-state index is 12.2. The largest absolute Gasteiger partial charge is 0.439 e. The summed E-state index contributed by atoms with van der Waals surface area (Å²) < 4.78 is 36.6. The number of aliphatic imine (C=N–C) groups is 1. The zero-order chi connectivity index (χ0) is 10.3. The number of thioether (sulfide) groups is 1. The summed E-state index contributed by atoms with van der Waals surface area (Å²) in [5.41, 5.74) is -2.86. The predicted octanol–water partition coefficient (Wildman–Crippen LogP) is 2.04. The molecule has 0 aromatic carbocycles. The Labute approximate surface area is 78.2 Å². The van der Waals surface area contributed by atoms with Crippen LogP contribution in [-0.4, -0.2) is 27.8 Å². The van der Waals surface area contributed by atoms with Crippen LogP contribution in [0.15, 0.2) is 4.99 Å². The highest BCUT2D eigenvalue weighted by Gasteiger charge is 2.56. The molecule has 0 amide bonds. The monoisotopic (exact) mass is 213 g/mol. The molecule has 0 spiro atoms. The van der Waals surface area contributed by atoms with E-state index in [0.717, 1.165) is 11.8 Å². The molecule has 0 fully saturated rings. The average Bonchev–Trinajstić information content (AvgIpc) is 2.31. The Morgan fingerprint density at radius 1 is 1.54 bits per heavy atom. The molecular weight excluding hydrogens is 203 g/mol. The number of alkyl halides is 3. The molecule has 0 saturated heterocycles. The van der Waals surface area contributed by atoms with E-state index < -0.39 is 17.7 Å². The summed E-state index contributed by atoms with van der Waals surface area (Å²) in [4.78, 5) is 3.30. The van der Waals surface area contributed by atoms with E-state index in [1.54, 1.807) is 13.8 Å². The molecule has 1 unspecified atom stereocenters. The van der Waals surface area contributed by atoms with Gasteiger partial charge in [-0.05, 0) is 0 Å². The molecule has 1 aliphatic heterocycles. The molecule has 0 aromatic heterocycles. The third-order valence-electron chi connectivity index (χ3n) is 1.66. The van der Waals surface area contributed by atoms with E-state index in [1.807, 2.05) is 0 Å². The minimum atomic E-state index is -4.67. The minimum absolute atomic E-state index is 0.0682. The summed E-state index contributed by atoms with van der Waals surface area (Å²) in [7, 11) is 0. The lowest BCUT2D eigenvalue weighted by Crippen LogP contribution is -2.43. The Morgan fingerprint density at radius 2 is 2.08 bits per heavy atom. The van der Waals surface area contributed by atoms with Crippen molar-refractivity contribution < 1.29 is 18.3 Å². The molecule has 0 aliphatic carbocycles. The molecule has 1 rings (SSSR count). The zero-order valence-electron chi connectivity index (χ0n) is 7.22. The lowest BCUT2D eigenvalue weighted by atomic mass is 10.2. The van der Waals surface area contributed by atoms with Gasteiger partial charge in [0.05, 0.1) is 10.8 Å². The van der Waals surface area contributed by atoms with Gasteiger partial charge in [-0.15, -0.1) is 11.8 Å². The molecule has 1 atom stereocenters. The lowest BCUT2D eigenvalue weighted by Gasteiger charge is -2.21. The van der Waals surface area contributed by atoms with Crippen LogP contribution in [0.1, 0.15) is 13.8 Å². The Bertz CT molecular complexity index is 238. The SMILES string of the molecule is CC(C)C1=NC(O)(C(F)(F)F)CS1. The molecule has 76 valence electrons. The molecule has 0 bridgehead atoms. The third-order valence-corrected chi connectivity index (χ3v) is 3.07. The molecule has 0 radical (unpaired) electrons. The van der Waals surface area contributed by atoms with Crippen LogP contribution in [0.5, 0.6) is 0 Å². The predicted molar refractivity (Wildman–Crippen MR) is 45.7 cm³/mol. The van der Waals surface area contributed by atoms with E-state index in [0.29, 0.717) is 5.04 Å². The van der Waals surface area contributed by atoms with Crippen molar-refractivity contribution in [3.05, 3.63) is 0 Å². The quantitative estimate of drug-likeness (QED) is 0.723. The summed E-state index contributed by atoms with van der Waals surface area (Å²) in [6, 6.07) is 0. The third kappa shape index (κ3) is 1.99. The van der Waals surface area contributed by atoms with Gasteiger partial charge in [-0.2, -0.15) is 13.2 Å². The van der Waals surface area contributed by atoms with Crippen molar-refractivity contribution in [3.63, 3.8) is 0 Å². The second-order valence-electron chi connectivity index (χ2n) is 3.21. The van der Waals surface area contributed by atoms with Crippen LogP contribution >= 0.6 is 11.8 Å². The maximum Gasteiger partial charge on any atom is 0.439 e. The lowest BCUT2D eigenvalue weighted by molar-refractivity contribution is -0.245. The first-order valence-corrected chi connectivity index (χ1v) is 4.76. The number of halogens is 3. The van der Waals surface area contributed by atoms with Gasteiger partial charge in [0, 0.05) is 5.92 Å². The molecule has 13 heavy (non-hydrogen) atoms. The first-order valence-electron chi connectivity index (χ1n) is 3.78. The fraction of sp³-hybridized carbons (Fsp3) is 0.857. The fourth-order valence-electron chi connectivity index (χ4n) is 0.862. The molecular formula is C7H10F3NOS. The molecule has 2 nitrogen and oxygen atoms in total. The van der Waals surface area contributed by atoms with Gasteiger partial charge in [0.25, 0.3) is 5.72 Å². The summed E-state index contributed by atoms with van der Waals surface area (Å²) >= 11 is 0.964. The van der Waals surface area contributed by atoms with Crippen molar-refractivity contribution in [1.82, 2.24) is 0 Å². The van der Waals surface area contributed by atoms with Gasteiger partial charge >= 0.3 is 6.18 Å². The molecule has 1 heterocycles. The van der Waals surface area contributed by atoms with Crippen molar-refractivity contribution in [2.24, 2.45) is 10.9 Å². The maximum absolute atomic E-state index is 12.2. The van der Waals surface area contributed by atoms with Gasteiger partial charge in [0.1, 0.15) is 0 Å². The zero-order valence-corrected chi connectivity index (χ0v) is 8.04. The summed E-state index contributed by atoms with van der Waals surface area (Å²) in [5.74, 6) is -0.495. The number of hydrogen-bond acceptors (Lipinski definition) is 3. The molecule has 0 saturated carbocycles. The highest BCUT2D eigenvalue weighted by molar-refractivity contribution is 8.14. The van der Waals surface area contributed by atoms with E-state index in [2.05, 4.69) is 4.99 Å². The Kier molecular flexibility index (Phi) is 2.64. The van der Waals surface area contributed by atoms with E-state index >= 15 is 0 Å². The van der Waals surface area contributed by atoms with Crippen LogP contribution in [0.2, 0.25) is 0 Å². The standard InChI is InChI=1S/C7H10F3NOS/c1-4(2)5-11-6(12,3-13-5)7(8,9)10/h4,12H,3H2,1-2H3. The topological polar surface area (TPSA) is 32.6 Å². The van der Waals surface area contributed by atoms with E-state index in [9.17, 15) is 13.2 Å². The number of aliphatic hydroxyl groups is 1. The number of hydrogen-bond donors (Lipinski definition) is 1. The molecule has 6 heteroatoms. The minimum Gasteiger partial charge on any atom is -0.361 e. The van der Waals surface area contributed by atoms with E-state index in [-0.39, 0.29) is 5.92 Å². The van der Waals surface area contributed by atoms with Gasteiger partial charge in [0.2, 0.25) is 0 Å². The summed E-state index contributed by atoms with van der Waals surface area (Å²) in [6.45, 7) is 3.49. The first-order chi connectivity index (χ1) is 5.76. The Balaban J connectivity index is 2.87. The fourth-order valence-corrected chi connectivity index (χ4v) is 1.99. The van der Waals surface area contributed by atoms with Crippen molar-refractivity contribution in [2.45, 2.75) is 25.7 Å². The van der Waals surface area contributed by atoms with Crippen LogP contribution in [0.4, 0.5) is 13.2 Å². The highest BCUT2D eigenvalue weighted by Crippen LogP contribution is 2.40. The second kappa shape index (κ2) is 3.16. The normalized spacial score (nSPS) is 29.6. The van der Waals surface area contributed by atoms with Gasteiger partial charge < -0.3 is 5.11 Å². The van der Waals surface area contributed by atoms with E-state index in [1.165, 1.54) is 0 Å². The Morgan fingerprint density at radius 3 is 2.31 bits per heavy atom. The van der Waals surface area contributed by atoms with Gasteiger partial charge in [-0.3, -0.25) is 0 Å². The van der Waals surface area contributed by atoms with Crippen LogP contribution in [-0.2, 0) is 0 Å². The molecule has 1 N–H and O–H groups in total. The van der Waals surface area contributed by atoms with Crippen molar-refractivity contribution in [2.75, 3.05) is 5.75 Å². The molecule has 1 aliphatic rings. The Hall–Kier alpha value is -0.230. The van der Waals surface area contributed by atoms with Crippen molar-refractivity contribution >= 4 is 16.8 Å². The van der Waals surface area contributed by atoms with Gasteiger partial charge in [0.15, 0.2) is 0 Å². The van der Waals surface area contributed by atoms with E-state index in [4.69, 9.17) is 5.11 Å². The average molecular weight is 213 g/mol. The summed E-state index contributed by atoms with van der Waals surface area (Å²) in [5, 5.41) is 9.47. The summed E-state index contributed by atoms with van der Waals surface area (Å²) in [6.07, 6.45) is -4.67. The van der Waals surface area contributed by atoms with Crippen LogP contribution in [0, 0.1) is 5.92 Å². The van der Waals surface area contributed by atoms with Crippen LogP contribution in [0.25, 0.3) is 0 Å². The molecule has 0 aromatic rings. The van der Waals surface area contributed by atoms with Gasteiger partial charge in [-0.25, -0.2) is 4.99 Å². The number of nitrogens with zero attached hydrogens (tertiary/aromatic N) is 1. The van der Waals surface area contributed by atoms with Crippen LogP contribution < -0.4 is 0 Å². The number of rotatable bonds is 1. The smallest absolute Gasteiger partial charge is 0.361 e. The first kappa shape index (κ1) is 10.8. The van der Waals surface area contributed by atoms with Crippen molar-refractivity contribution in [3.8, 4) is 0 Å². The van der Waals surface area contributed by atoms with Crippen molar-refractivity contribution in [1.29, 1.82) is 0 Å². The highest BCUT2D eigenvalue weighted by atomic mass is 32.2. The van der Waals surface area contributed by atoms with Gasteiger partial charge in [-0.1, -0.05) is 13.8 Å². The second-order valence-corrected chi connectivity index (χ2v) is 4.20. The van der Waals surface area contributed by atoms with Crippen LogP contribution in [0.3, 0.4) is 0 Å².